The molecule has 1 aromatic carbocycles. The van der Waals surface area contributed by atoms with E-state index >= 15 is 0 Å². The van der Waals surface area contributed by atoms with Crippen molar-refractivity contribution in [1.29, 1.82) is 0 Å². The van der Waals surface area contributed by atoms with Crippen LogP contribution < -0.4 is 15.8 Å². The molecule has 0 radical (unpaired) electrons. The number of amides is 1. The third-order valence-electron chi connectivity index (χ3n) is 2.05. The molecule has 0 aromatic heterocycles. The first-order valence-corrected chi connectivity index (χ1v) is 5.66. The fraction of sp³-hybridized carbons (Fsp3) is 0.462. The molecule has 0 atom stereocenters. The van der Waals surface area contributed by atoms with Gasteiger partial charge in [-0.3, -0.25) is 4.79 Å². The molecule has 0 saturated heterocycles. The zero-order valence-electron chi connectivity index (χ0n) is 10.6. The average Bonchev–Trinajstić information content (AvgIpc) is 2.25. The Morgan fingerprint density at radius 2 is 2.00 bits per heavy atom. The smallest absolute Gasteiger partial charge is 0.234 e. The van der Waals surface area contributed by atoms with Gasteiger partial charge in [-0.1, -0.05) is 18.2 Å². The average molecular weight is 236 g/mol. The van der Waals surface area contributed by atoms with E-state index in [1.165, 1.54) is 0 Å². The Morgan fingerprint density at radius 3 is 2.59 bits per heavy atom. The highest BCUT2D eigenvalue weighted by Gasteiger charge is 2.14. The van der Waals surface area contributed by atoms with Crippen LogP contribution in [-0.4, -0.2) is 18.1 Å². The Morgan fingerprint density at radius 1 is 1.35 bits per heavy atom. The van der Waals surface area contributed by atoms with Gasteiger partial charge in [-0.15, -0.1) is 0 Å². The molecule has 0 heterocycles. The highest BCUT2D eigenvalue weighted by Crippen LogP contribution is 2.22. The summed E-state index contributed by atoms with van der Waals surface area (Å²) in [6, 6.07) is 7.65. The maximum atomic E-state index is 11.1. The predicted octanol–water partition coefficient (Wildman–Crippen LogP) is 1.44. The van der Waals surface area contributed by atoms with Crippen LogP contribution in [0.1, 0.15) is 26.3 Å². The number of nitrogens with two attached hydrogens (primary N) is 1. The van der Waals surface area contributed by atoms with E-state index < -0.39 is 0 Å². The molecule has 1 aromatic rings. The van der Waals surface area contributed by atoms with Crippen LogP contribution in [-0.2, 0) is 11.3 Å². The largest absolute Gasteiger partial charge is 0.488 e. The molecule has 4 heteroatoms. The molecule has 0 fully saturated rings. The molecule has 3 N–H and O–H groups in total. The monoisotopic (exact) mass is 236 g/mol. The number of hydrogen-bond donors (Lipinski definition) is 2. The Labute approximate surface area is 102 Å². The standard InChI is InChI=1S/C13H20N2O2/c1-13(2,3)17-11-7-5-4-6-10(11)9-15-12(16)8-14/h4-7H,8-9,14H2,1-3H3,(H,15,16). The van der Waals surface area contributed by atoms with Crippen LogP contribution in [0.4, 0.5) is 0 Å². The van der Waals surface area contributed by atoms with Crippen LogP contribution in [0.3, 0.4) is 0 Å². The lowest BCUT2D eigenvalue weighted by atomic mass is 10.1. The van der Waals surface area contributed by atoms with Gasteiger partial charge in [0, 0.05) is 12.1 Å². The summed E-state index contributed by atoms with van der Waals surface area (Å²) in [5.74, 6) is 0.618. The van der Waals surface area contributed by atoms with E-state index in [4.69, 9.17) is 10.5 Å². The van der Waals surface area contributed by atoms with E-state index in [1.54, 1.807) is 0 Å². The van der Waals surface area contributed by atoms with Gasteiger partial charge in [0.15, 0.2) is 0 Å². The fourth-order valence-corrected chi connectivity index (χ4v) is 1.35. The van der Waals surface area contributed by atoms with Crippen molar-refractivity contribution in [3.05, 3.63) is 29.8 Å². The molecule has 1 rings (SSSR count). The molecule has 4 nitrogen and oxygen atoms in total. The Hall–Kier alpha value is -1.55. The number of benzene rings is 1. The number of carbonyl (C=O) groups is 1. The minimum absolute atomic E-state index is 0.00228. The number of hydrogen-bond acceptors (Lipinski definition) is 3. The summed E-state index contributed by atoms with van der Waals surface area (Å²) in [7, 11) is 0. The SMILES string of the molecule is CC(C)(C)Oc1ccccc1CNC(=O)CN. The number of nitrogens with one attached hydrogen (secondary N) is 1. The third-order valence-corrected chi connectivity index (χ3v) is 2.05. The lowest BCUT2D eigenvalue weighted by Gasteiger charge is -2.23. The Balaban J connectivity index is 2.74. The molecule has 0 bridgehead atoms. The van der Waals surface area contributed by atoms with Gasteiger partial charge in [-0.25, -0.2) is 0 Å². The molecule has 0 aliphatic heterocycles. The fourth-order valence-electron chi connectivity index (χ4n) is 1.35. The lowest BCUT2D eigenvalue weighted by Crippen LogP contribution is -2.30. The number of rotatable bonds is 4. The van der Waals surface area contributed by atoms with Crippen molar-refractivity contribution in [3.8, 4) is 5.75 Å². The van der Waals surface area contributed by atoms with Gasteiger partial charge in [0.25, 0.3) is 0 Å². The van der Waals surface area contributed by atoms with E-state index in [-0.39, 0.29) is 18.1 Å². The van der Waals surface area contributed by atoms with Crippen molar-refractivity contribution in [2.24, 2.45) is 5.73 Å². The summed E-state index contributed by atoms with van der Waals surface area (Å²) >= 11 is 0. The van der Waals surface area contributed by atoms with Gasteiger partial charge < -0.3 is 15.8 Å². The van der Waals surface area contributed by atoms with Crippen LogP contribution in [0.15, 0.2) is 24.3 Å². The zero-order valence-corrected chi connectivity index (χ0v) is 10.6. The maximum absolute atomic E-state index is 11.1. The molecule has 0 aliphatic carbocycles. The number of carbonyl (C=O) groups excluding carboxylic acids is 1. The second kappa shape index (κ2) is 5.68. The van der Waals surface area contributed by atoms with Crippen LogP contribution in [0.25, 0.3) is 0 Å². The van der Waals surface area contributed by atoms with Gasteiger partial charge in [0.05, 0.1) is 6.54 Å². The van der Waals surface area contributed by atoms with Gasteiger partial charge in [-0.2, -0.15) is 0 Å². The van der Waals surface area contributed by atoms with E-state index in [2.05, 4.69) is 5.32 Å². The van der Waals surface area contributed by atoms with Gasteiger partial charge in [0.1, 0.15) is 11.4 Å². The minimum atomic E-state index is -0.256. The predicted molar refractivity (Wildman–Crippen MR) is 67.7 cm³/mol. The molecule has 17 heavy (non-hydrogen) atoms. The summed E-state index contributed by atoms with van der Waals surface area (Å²) in [5.41, 5.74) is 5.93. The molecule has 0 spiro atoms. The maximum Gasteiger partial charge on any atom is 0.234 e. The first-order chi connectivity index (χ1) is 7.92. The first kappa shape index (κ1) is 13.5. The lowest BCUT2D eigenvalue weighted by molar-refractivity contribution is -0.119. The van der Waals surface area contributed by atoms with Crippen LogP contribution in [0, 0.1) is 0 Å². The quantitative estimate of drug-likeness (QED) is 0.831. The van der Waals surface area contributed by atoms with E-state index in [1.807, 2.05) is 45.0 Å². The van der Waals surface area contributed by atoms with Crippen molar-refractivity contribution in [2.75, 3.05) is 6.54 Å². The van der Waals surface area contributed by atoms with Crippen molar-refractivity contribution in [1.82, 2.24) is 5.32 Å². The van der Waals surface area contributed by atoms with Crippen molar-refractivity contribution in [2.45, 2.75) is 32.9 Å². The molecule has 0 unspecified atom stereocenters. The Kier molecular flexibility index (Phi) is 4.52. The number of ether oxygens (including phenoxy) is 1. The second-order valence-corrected chi connectivity index (χ2v) is 4.80. The highest BCUT2D eigenvalue weighted by atomic mass is 16.5. The summed E-state index contributed by atoms with van der Waals surface area (Å²) in [5, 5.41) is 2.73. The van der Waals surface area contributed by atoms with Crippen molar-refractivity contribution in [3.63, 3.8) is 0 Å². The van der Waals surface area contributed by atoms with Gasteiger partial charge in [0.2, 0.25) is 5.91 Å². The van der Waals surface area contributed by atoms with Crippen LogP contribution >= 0.6 is 0 Å². The molecular weight excluding hydrogens is 216 g/mol. The molecule has 0 saturated carbocycles. The molecule has 0 aliphatic rings. The second-order valence-electron chi connectivity index (χ2n) is 4.80. The van der Waals surface area contributed by atoms with Crippen LogP contribution in [0.5, 0.6) is 5.75 Å². The minimum Gasteiger partial charge on any atom is -0.488 e. The molecule has 94 valence electrons. The van der Waals surface area contributed by atoms with E-state index in [0.29, 0.717) is 6.54 Å². The van der Waals surface area contributed by atoms with Gasteiger partial charge in [-0.05, 0) is 26.8 Å². The van der Waals surface area contributed by atoms with Crippen molar-refractivity contribution >= 4 is 5.91 Å². The Bertz CT molecular complexity index is 383. The molecular formula is C13H20N2O2. The zero-order chi connectivity index (χ0) is 12.9. The third kappa shape index (κ3) is 4.87. The summed E-state index contributed by atoms with van der Waals surface area (Å²) < 4.78 is 5.82. The van der Waals surface area contributed by atoms with Crippen LogP contribution in [0.2, 0.25) is 0 Å². The summed E-state index contributed by atoms with van der Waals surface area (Å²) in [4.78, 5) is 11.1. The van der Waals surface area contributed by atoms with E-state index in [9.17, 15) is 4.79 Å². The number of para-hydroxylation sites is 1. The van der Waals surface area contributed by atoms with Gasteiger partial charge >= 0.3 is 0 Å². The van der Waals surface area contributed by atoms with Crippen molar-refractivity contribution < 1.29 is 9.53 Å². The van der Waals surface area contributed by atoms with E-state index in [0.717, 1.165) is 11.3 Å². The topological polar surface area (TPSA) is 64.3 Å². The highest BCUT2D eigenvalue weighted by molar-refractivity contribution is 5.77. The summed E-state index contributed by atoms with van der Waals surface area (Å²) in [6.07, 6.45) is 0. The first-order valence-electron chi connectivity index (χ1n) is 5.66. The molecule has 1 amide bonds. The summed E-state index contributed by atoms with van der Waals surface area (Å²) in [6.45, 7) is 6.40. The normalized spacial score (nSPS) is 11.1.